The fraction of sp³-hybridized carbons (Fsp3) is 0.150. The number of carbonyl (C=O) groups is 1. The van der Waals surface area contributed by atoms with Crippen LogP contribution in [-0.2, 0) is 21.2 Å². The molecule has 0 spiro atoms. The van der Waals surface area contributed by atoms with Crippen molar-refractivity contribution >= 4 is 27.3 Å². The molecule has 2 N–H and O–H groups in total. The largest absolute Gasteiger partial charge is 0.326 e. The monoisotopic (exact) mass is 396 g/mol. The standard InChI is InChI=1S/C20H20N4O3S/c1-14-19(13-21-15(2)22-14)24-28(26,27)18-10-8-17(9-11-18)23-20(25)12-16-6-4-3-5-7-16/h3-11,13,24H,12H2,1-2H3,(H,23,25). The lowest BCUT2D eigenvalue weighted by Crippen LogP contribution is -2.16. The minimum atomic E-state index is -3.79. The predicted octanol–water partition coefficient (Wildman–Crippen LogP) is 3.08. The van der Waals surface area contributed by atoms with Crippen LogP contribution in [0.15, 0.2) is 65.7 Å². The maximum absolute atomic E-state index is 12.6. The van der Waals surface area contributed by atoms with Crippen LogP contribution in [0.1, 0.15) is 17.1 Å². The van der Waals surface area contributed by atoms with Gasteiger partial charge in [-0.1, -0.05) is 30.3 Å². The molecule has 3 aromatic rings. The van der Waals surface area contributed by atoms with Gasteiger partial charge in [0.15, 0.2) is 0 Å². The smallest absolute Gasteiger partial charge is 0.262 e. The lowest BCUT2D eigenvalue weighted by molar-refractivity contribution is -0.115. The zero-order valence-electron chi connectivity index (χ0n) is 15.5. The second-order valence-corrected chi connectivity index (χ2v) is 7.94. The number of benzene rings is 2. The van der Waals surface area contributed by atoms with E-state index in [0.717, 1.165) is 5.56 Å². The Hall–Kier alpha value is -3.26. The van der Waals surface area contributed by atoms with Gasteiger partial charge in [-0.15, -0.1) is 0 Å². The number of hydrogen-bond acceptors (Lipinski definition) is 5. The predicted molar refractivity (Wildman–Crippen MR) is 108 cm³/mol. The van der Waals surface area contributed by atoms with E-state index in [0.29, 0.717) is 22.9 Å². The highest BCUT2D eigenvalue weighted by atomic mass is 32.2. The average Bonchev–Trinajstić information content (AvgIpc) is 2.65. The van der Waals surface area contributed by atoms with Crippen LogP contribution in [0.4, 0.5) is 11.4 Å². The molecule has 7 nitrogen and oxygen atoms in total. The lowest BCUT2D eigenvalue weighted by Gasteiger charge is -2.11. The summed E-state index contributed by atoms with van der Waals surface area (Å²) in [5.74, 6) is 0.392. The first-order chi connectivity index (χ1) is 13.3. The molecule has 144 valence electrons. The number of carbonyl (C=O) groups excluding carboxylic acids is 1. The first-order valence-corrected chi connectivity index (χ1v) is 10.1. The van der Waals surface area contributed by atoms with Crippen LogP contribution in [0.25, 0.3) is 0 Å². The Balaban J connectivity index is 1.68. The molecule has 2 aromatic carbocycles. The fourth-order valence-corrected chi connectivity index (χ4v) is 3.69. The van der Waals surface area contributed by atoms with Crippen molar-refractivity contribution in [2.75, 3.05) is 10.0 Å². The van der Waals surface area contributed by atoms with Crippen LogP contribution in [-0.4, -0.2) is 24.3 Å². The van der Waals surface area contributed by atoms with Gasteiger partial charge in [0.25, 0.3) is 10.0 Å². The molecule has 0 fully saturated rings. The number of amides is 1. The average molecular weight is 396 g/mol. The van der Waals surface area contributed by atoms with E-state index >= 15 is 0 Å². The summed E-state index contributed by atoms with van der Waals surface area (Å²) in [5.41, 5.74) is 2.29. The van der Waals surface area contributed by atoms with E-state index < -0.39 is 10.0 Å². The van der Waals surface area contributed by atoms with Gasteiger partial charge in [-0.25, -0.2) is 18.4 Å². The fourth-order valence-electron chi connectivity index (χ4n) is 2.59. The van der Waals surface area contributed by atoms with E-state index in [1.165, 1.54) is 18.3 Å². The van der Waals surface area contributed by atoms with Crippen molar-refractivity contribution in [1.82, 2.24) is 9.97 Å². The van der Waals surface area contributed by atoms with Crippen molar-refractivity contribution < 1.29 is 13.2 Å². The Bertz CT molecular complexity index is 1080. The molecule has 0 saturated heterocycles. The van der Waals surface area contributed by atoms with Crippen molar-refractivity contribution in [2.45, 2.75) is 25.2 Å². The number of rotatable bonds is 6. The number of nitrogens with one attached hydrogen (secondary N) is 2. The SMILES string of the molecule is Cc1ncc(NS(=O)(=O)c2ccc(NC(=O)Cc3ccccc3)cc2)c(C)n1. The molecule has 3 rings (SSSR count). The molecule has 0 aliphatic heterocycles. The summed E-state index contributed by atoms with van der Waals surface area (Å²) in [4.78, 5) is 20.4. The molecule has 0 aliphatic rings. The number of sulfonamides is 1. The number of aryl methyl sites for hydroxylation is 2. The minimum absolute atomic E-state index is 0.0773. The molecule has 8 heteroatoms. The molecule has 0 atom stereocenters. The van der Waals surface area contributed by atoms with Crippen LogP contribution >= 0.6 is 0 Å². The highest BCUT2D eigenvalue weighted by molar-refractivity contribution is 7.92. The highest BCUT2D eigenvalue weighted by Gasteiger charge is 2.16. The van der Waals surface area contributed by atoms with E-state index in [2.05, 4.69) is 20.0 Å². The first-order valence-electron chi connectivity index (χ1n) is 8.60. The Labute approximate surface area is 163 Å². The van der Waals surface area contributed by atoms with Gasteiger partial charge in [-0.3, -0.25) is 9.52 Å². The van der Waals surface area contributed by atoms with E-state index in [-0.39, 0.29) is 17.2 Å². The van der Waals surface area contributed by atoms with Crippen molar-refractivity contribution in [1.29, 1.82) is 0 Å². The zero-order valence-corrected chi connectivity index (χ0v) is 16.3. The van der Waals surface area contributed by atoms with Crippen LogP contribution in [0.5, 0.6) is 0 Å². The second-order valence-electron chi connectivity index (χ2n) is 6.26. The van der Waals surface area contributed by atoms with Crippen molar-refractivity contribution in [3.63, 3.8) is 0 Å². The van der Waals surface area contributed by atoms with Crippen LogP contribution in [0, 0.1) is 13.8 Å². The van der Waals surface area contributed by atoms with Gasteiger partial charge in [0.2, 0.25) is 5.91 Å². The Morgan fingerprint density at radius 1 is 1.00 bits per heavy atom. The molecule has 1 aromatic heterocycles. The van der Waals surface area contributed by atoms with Gasteiger partial charge >= 0.3 is 0 Å². The maximum atomic E-state index is 12.6. The summed E-state index contributed by atoms with van der Waals surface area (Å²) < 4.78 is 27.6. The molecular formula is C20H20N4O3S. The summed E-state index contributed by atoms with van der Waals surface area (Å²) >= 11 is 0. The second kappa shape index (κ2) is 8.18. The Morgan fingerprint density at radius 2 is 1.68 bits per heavy atom. The first kappa shape index (κ1) is 19.5. The van der Waals surface area contributed by atoms with Gasteiger partial charge < -0.3 is 5.32 Å². The number of anilines is 2. The molecular weight excluding hydrogens is 376 g/mol. The third-order valence-corrected chi connectivity index (χ3v) is 5.38. The van der Waals surface area contributed by atoms with Gasteiger partial charge in [-0.05, 0) is 43.7 Å². The van der Waals surface area contributed by atoms with E-state index in [9.17, 15) is 13.2 Å². The summed E-state index contributed by atoms with van der Waals surface area (Å²) in [6.45, 7) is 3.44. The quantitative estimate of drug-likeness (QED) is 0.667. The van der Waals surface area contributed by atoms with Crippen LogP contribution in [0.2, 0.25) is 0 Å². The van der Waals surface area contributed by atoms with Gasteiger partial charge in [0.05, 0.1) is 28.9 Å². The van der Waals surface area contributed by atoms with Crippen molar-refractivity contribution in [3.05, 3.63) is 77.9 Å². The molecule has 0 unspecified atom stereocenters. The van der Waals surface area contributed by atoms with E-state index in [1.54, 1.807) is 26.0 Å². The maximum Gasteiger partial charge on any atom is 0.262 e. The van der Waals surface area contributed by atoms with Gasteiger partial charge in [0, 0.05) is 5.69 Å². The van der Waals surface area contributed by atoms with E-state index in [1.807, 2.05) is 30.3 Å². The topological polar surface area (TPSA) is 101 Å². The Morgan fingerprint density at radius 3 is 2.32 bits per heavy atom. The van der Waals surface area contributed by atoms with Crippen LogP contribution < -0.4 is 10.0 Å². The highest BCUT2D eigenvalue weighted by Crippen LogP contribution is 2.19. The lowest BCUT2D eigenvalue weighted by atomic mass is 10.1. The number of hydrogen-bond donors (Lipinski definition) is 2. The summed E-state index contributed by atoms with van der Waals surface area (Å²) in [7, 11) is -3.79. The Kier molecular flexibility index (Phi) is 5.70. The summed E-state index contributed by atoms with van der Waals surface area (Å²) in [5, 5.41) is 2.76. The van der Waals surface area contributed by atoms with E-state index in [4.69, 9.17) is 0 Å². The molecule has 1 heterocycles. The third-order valence-electron chi connectivity index (χ3n) is 4.00. The normalized spacial score (nSPS) is 11.1. The molecule has 0 aliphatic carbocycles. The molecule has 0 bridgehead atoms. The van der Waals surface area contributed by atoms with Gasteiger partial charge in [0.1, 0.15) is 5.82 Å². The van der Waals surface area contributed by atoms with Crippen molar-refractivity contribution in [3.8, 4) is 0 Å². The number of aromatic nitrogens is 2. The van der Waals surface area contributed by atoms with Crippen LogP contribution in [0.3, 0.4) is 0 Å². The molecule has 1 amide bonds. The molecule has 28 heavy (non-hydrogen) atoms. The summed E-state index contributed by atoms with van der Waals surface area (Å²) in [6, 6.07) is 15.3. The zero-order chi connectivity index (χ0) is 20.1. The molecule has 0 radical (unpaired) electrons. The summed E-state index contributed by atoms with van der Waals surface area (Å²) in [6.07, 6.45) is 1.68. The minimum Gasteiger partial charge on any atom is -0.326 e. The molecule has 0 saturated carbocycles. The third kappa shape index (κ3) is 4.92. The van der Waals surface area contributed by atoms with Gasteiger partial charge in [-0.2, -0.15) is 0 Å². The number of nitrogens with zero attached hydrogens (tertiary/aromatic N) is 2. The van der Waals surface area contributed by atoms with Crippen molar-refractivity contribution in [2.24, 2.45) is 0 Å².